The third-order valence-corrected chi connectivity index (χ3v) is 3.85. The highest BCUT2D eigenvalue weighted by atomic mass is 35.5. The molecule has 1 N–H and O–H groups in total. The van der Waals surface area contributed by atoms with E-state index in [1.54, 1.807) is 0 Å². The van der Waals surface area contributed by atoms with Gasteiger partial charge in [-0.25, -0.2) is 9.78 Å². The molecule has 0 radical (unpaired) electrons. The van der Waals surface area contributed by atoms with Gasteiger partial charge in [0.05, 0.1) is 17.3 Å². The molecule has 0 saturated carbocycles. The molecule has 0 aliphatic heterocycles. The molecule has 148 valence electrons. The monoisotopic (exact) mass is 421 g/mol. The summed E-state index contributed by atoms with van der Waals surface area (Å²) in [7, 11) is 0. The summed E-state index contributed by atoms with van der Waals surface area (Å²) in [5, 5.41) is 2.53. The molecule has 1 amide bonds. The van der Waals surface area contributed by atoms with Crippen LogP contribution in [0, 0.1) is 0 Å². The maximum Gasteiger partial charge on any atom is 0.416 e. The zero-order valence-electron chi connectivity index (χ0n) is 14.4. The number of rotatable bonds is 4. The van der Waals surface area contributed by atoms with Gasteiger partial charge in [-0.1, -0.05) is 17.7 Å². The van der Waals surface area contributed by atoms with Crippen molar-refractivity contribution in [1.82, 2.24) is 9.97 Å². The molecule has 6 nitrogen and oxygen atoms in total. The van der Waals surface area contributed by atoms with Gasteiger partial charge in [0.15, 0.2) is 5.69 Å². The number of halogens is 4. The summed E-state index contributed by atoms with van der Waals surface area (Å²) in [4.78, 5) is 32.3. The van der Waals surface area contributed by atoms with Crippen LogP contribution < -0.4 is 10.1 Å². The van der Waals surface area contributed by atoms with Crippen molar-refractivity contribution in [2.24, 2.45) is 0 Å². The van der Waals surface area contributed by atoms with Crippen LogP contribution in [0.2, 0.25) is 5.02 Å². The van der Waals surface area contributed by atoms with Crippen LogP contribution in [-0.2, 0) is 6.18 Å². The molecule has 0 aliphatic rings. The number of alkyl halides is 3. The number of aromatic nitrogens is 2. The Bertz CT molecular complexity index is 1060. The molecular weight excluding hydrogens is 411 g/mol. The van der Waals surface area contributed by atoms with Crippen molar-refractivity contribution < 1.29 is 27.5 Å². The molecule has 2 aromatic carbocycles. The zero-order chi connectivity index (χ0) is 21.0. The minimum absolute atomic E-state index is 0.0778. The van der Waals surface area contributed by atoms with E-state index in [1.165, 1.54) is 42.9 Å². The number of nitrogens with one attached hydrogen (secondary N) is 1. The van der Waals surface area contributed by atoms with Crippen LogP contribution in [0.25, 0.3) is 0 Å². The standard InChI is InChI=1S/C19H11ClF3N3O3/c20-12-4-5-14(16(9-12)29-18(28)15-10-24-6-7-25-15)17(27)26-13-3-1-2-11(8-13)19(21,22)23/h1-10H,(H,26,27). The second kappa shape index (κ2) is 8.27. The highest BCUT2D eigenvalue weighted by molar-refractivity contribution is 6.31. The summed E-state index contributed by atoms with van der Waals surface area (Å²) < 4.78 is 43.7. The van der Waals surface area contributed by atoms with Gasteiger partial charge in [-0.3, -0.25) is 9.78 Å². The number of anilines is 1. The lowest BCUT2D eigenvalue weighted by Crippen LogP contribution is -2.17. The minimum Gasteiger partial charge on any atom is -0.421 e. The van der Waals surface area contributed by atoms with Crippen LogP contribution >= 0.6 is 11.6 Å². The fourth-order valence-corrected chi connectivity index (χ4v) is 2.46. The lowest BCUT2D eigenvalue weighted by atomic mass is 10.1. The maximum absolute atomic E-state index is 12.8. The van der Waals surface area contributed by atoms with Gasteiger partial charge in [-0.15, -0.1) is 0 Å². The lowest BCUT2D eigenvalue weighted by Gasteiger charge is -2.12. The Labute approximate surface area is 167 Å². The van der Waals surface area contributed by atoms with E-state index in [4.69, 9.17) is 16.3 Å². The van der Waals surface area contributed by atoms with Crippen molar-refractivity contribution in [2.75, 3.05) is 5.32 Å². The van der Waals surface area contributed by atoms with Crippen molar-refractivity contribution in [3.8, 4) is 5.75 Å². The van der Waals surface area contributed by atoms with E-state index in [-0.39, 0.29) is 27.7 Å². The number of ether oxygens (including phenoxy) is 1. The second-order valence-corrected chi connectivity index (χ2v) is 6.09. The highest BCUT2D eigenvalue weighted by Gasteiger charge is 2.30. The highest BCUT2D eigenvalue weighted by Crippen LogP contribution is 2.31. The fourth-order valence-electron chi connectivity index (χ4n) is 2.30. The zero-order valence-corrected chi connectivity index (χ0v) is 15.2. The number of carbonyl (C=O) groups is 2. The van der Waals surface area contributed by atoms with Crippen molar-refractivity contribution >= 4 is 29.2 Å². The third-order valence-electron chi connectivity index (χ3n) is 3.61. The number of carbonyl (C=O) groups excluding carboxylic acids is 2. The molecule has 1 aromatic heterocycles. The van der Waals surface area contributed by atoms with Gasteiger partial charge in [0, 0.05) is 29.2 Å². The van der Waals surface area contributed by atoms with E-state index >= 15 is 0 Å². The molecule has 0 aliphatic carbocycles. The predicted molar refractivity (Wildman–Crippen MR) is 97.8 cm³/mol. The van der Waals surface area contributed by atoms with E-state index < -0.39 is 23.6 Å². The van der Waals surface area contributed by atoms with Crippen LogP contribution in [0.1, 0.15) is 26.4 Å². The fraction of sp³-hybridized carbons (Fsp3) is 0.0526. The Hall–Kier alpha value is -3.46. The average Bonchev–Trinajstić information content (AvgIpc) is 2.68. The molecule has 3 rings (SSSR count). The van der Waals surface area contributed by atoms with Crippen molar-refractivity contribution in [1.29, 1.82) is 0 Å². The normalized spacial score (nSPS) is 11.0. The topological polar surface area (TPSA) is 81.2 Å². The Morgan fingerprint density at radius 3 is 2.55 bits per heavy atom. The van der Waals surface area contributed by atoms with Gasteiger partial charge in [0.1, 0.15) is 5.75 Å². The average molecular weight is 422 g/mol. The van der Waals surface area contributed by atoms with E-state index in [0.717, 1.165) is 18.2 Å². The Kier molecular flexibility index (Phi) is 5.79. The second-order valence-electron chi connectivity index (χ2n) is 5.65. The smallest absolute Gasteiger partial charge is 0.416 e. The van der Waals surface area contributed by atoms with Crippen LogP contribution in [0.15, 0.2) is 61.1 Å². The van der Waals surface area contributed by atoms with Crippen LogP contribution in [0.4, 0.5) is 18.9 Å². The molecule has 1 heterocycles. The maximum atomic E-state index is 12.8. The summed E-state index contributed by atoms with van der Waals surface area (Å²) in [5.74, 6) is -1.85. The Balaban J connectivity index is 1.85. The number of hydrogen-bond donors (Lipinski definition) is 1. The molecule has 0 saturated heterocycles. The molecule has 0 unspecified atom stereocenters. The van der Waals surface area contributed by atoms with E-state index in [0.29, 0.717) is 0 Å². The number of benzene rings is 2. The molecule has 10 heteroatoms. The van der Waals surface area contributed by atoms with Gasteiger partial charge in [0.2, 0.25) is 0 Å². The summed E-state index contributed by atoms with van der Waals surface area (Å²) >= 11 is 5.91. The number of esters is 1. The number of nitrogens with zero attached hydrogens (tertiary/aromatic N) is 2. The van der Waals surface area contributed by atoms with Gasteiger partial charge in [0.25, 0.3) is 5.91 Å². The largest absolute Gasteiger partial charge is 0.421 e. The van der Waals surface area contributed by atoms with Crippen LogP contribution in [0.5, 0.6) is 5.75 Å². The van der Waals surface area contributed by atoms with Crippen molar-refractivity contribution in [2.45, 2.75) is 6.18 Å². The third kappa shape index (κ3) is 5.08. The van der Waals surface area contributed by atoms with E-state index in [1.807, 2.05) is 0 Å². The molecule has 3 aromatic rings. The number of hydrogen-bond acceptors (Lipinski definition) is 5. The van der Waals surface area contributed by atoms with Crippen molar-refractivity contribution in [3.63, 3.8) is 0 Å². The summed E-state index contributed by atoms with van der Waals surface area (Å²) in [6.45, 7) is 0. The van der Waals surface area contributed by atoms with E-state index in [2.05, 4.69) is 15.3 Å². The molecule has 0 spiro atoms. The van der Waals surface area contributed by atoms with Gasteiger partial charge < -0.3 is 10.1 Å². The minimum atomic E-state index is -4.56. The van der Waals surface area contributed by atoms with E-state index in [9.17, 15) is 22.8 Å². The Morgan fingerprint density at radius 1 is 1.07 bits per heavy atom. The lowest BCUT2D eigenvalue weighted by molar-refractivity contribution is -0.137. The predicted octanol–water partition coefficient (Wildman–Crippen LogP) is 4.62. The van der Waals surface area contributed by atoms with Gasteiger partial charge in [-0.2, -0.15) is 13.2 Å². The first kappa shape index (κ1) is 20.3. The molecule has 0 fully saturated rings. The number of amides is 1. The molecule has 0 atom stereocenters. The molecule has 0 bridgehead atoms. The van der Waals surface area contributed by atoms with Crippen molar-refractivity contribution in [3.05, 3.63) is 82.9 Å². The van der Waals surface area contributed by atoms with Crippen LogP contribution in [0.3, 0.4) is 0 Å². The molecular formula is C19H11ClF3N3O3. The molecule has 29 heavy (non-hydrogen) atoms. The SMILES string of the molecule is O=C(Oc1cc(Cl)ccc1C(=O)Nc1cccc(C(F)(F)F)c1)c1cnccn1. The van der Waals surface area contributed by atoms with Gasteiger partial charge >= 0.3 is 12.1 Å². The summed E-state index contributed by atoms with van der Waals surface area (Å²) in [6, 6.07) is 8.03. The first-order valence-corrected chi connectivity index (χ1v) is 8.38. The summed E-state index contributed by atoms with van der Waals surface area (Å²) in [6.07, 6.45) is -0.729. The summed E-state index contributed by atoms with van der Waals surface area (Å²) in [5.41, 5.74) is -1.20. The Morgan fingerprint density at radius 2 is 1.86 bits per heavy atom. The first-order valence-electron chi connectivity index (χ1n) is 8.00. The first-order chi connectivity index (χ1) is 13.7. The van der Waals surface area contributed by atoms with Gasteiger partial charge in [-0.05, 0) is 30.3 Å². The quantitative estimate of drug-likeness (QED) is 0.491. The van der Waals surface area contributed by atoms with Crippen LogP contribution in [-0.4, -0.2) is 21.8 Å².